The summed E-state index contributed by atoms with van der Waals surface area (Å²) in [5, 5.41) is 13.0. The monoisotopic (exact) mass is 502 g/mol. The van der Waals surface area contributed by atoms with Crippen molar-refractivity contribution in [2.75, 3.05) is 6.61 Å². The number of amidine groups is 1. The smallest absolute Gasteiger partial charge is 0.340 e. The van der Waals surface area contributed by atoms with E-state index in [2.05, 4.69) is 0 Å². The second-order valence-electron chi connectivity index (χ2n) is 8.21. The van der Waals surface area contributed by atoms with Crippen LogP contribution in [0.3, 0.4) is 0 Å². The molecule has 0 atom stereocenters. The predicted octanol–water partition coefficient (Wildman–Crippen LogP) is 3.98. The molecule has 0 unspecified atom stereocenters. The third-order valence-electron chi connectivity index (χ3n) is 5.68. The SMILES string of the molecule is CCOC(=O)c1cn(Cc2cccc(C(=N)N)c2)cc1-c1ccc(-c2ccccc2S(N)(=O)=O)cc1. The number of nitrogens with two attached hydrogens (primary N) is 2. The lowest BCUT2D eigenvalue weighted by Crippen LogP contribution is -2.13. The first-order valence-corrected chi connectivity index (χ1v) is 12.7. The van der Waals surface area contributed by atoms with Crippen LogP contribution >= 0.6 is 0 Å². The summed E-state index contributed by atoms with van der Waals surface area (Å²) in [6.07, 6.45) is 3.60. The van der Waals surface area contributed by atoms with Gasteiger partial charge in [-0.15, -0.1) is 0 Å². The topological polar surface area (TPSA) is 141 Å². The van der Waals surface area contributed by atoms with E-state index in [4.69, 9.17) is 21.0 Å². The van der Waals surface area contributed by atoms with E-state index in [0.29, 0.717) is 34.4 Å². The average Bonchev–Trinajstić information content (AvgIpc) is 3.28. The molecule has 36 heavy (non-hydrogen) atoms. The van der Waals surface area contributed by atoms with E-state index >= 15 is 0 Å². The molecule has 4 rings (SSSR count). The Morgan fingerprint density at radius 2 is 1.61 bits per heavy atom. The van der Waals surface area contributed by atoms with E-state index in [1.54, 1.807) is 49.5 Å². The largest absolute Gasteiger partial charge is 0.462 e. The van der Waals surface area contributed by atoms with Gasteiger partial charge >= 0.3 is 5.97 Å². The van der Waals surface area contributed by atoms with Gasteiger partial charge in [-0.1, -0.05) is 60.7 Å². The number of nitrogen functional groups attached to an aromatic ring is 1. The fourth-order valence-electron chi connectivity index (χ4n) is 4.03. The van der Waals surface area contributed by atoms with E-state index in [9.17, 15) is 13.2 Å². The zero-order chi connectivity index (χ0) is 25.9. The van der Waals surface area contributed by atoms with Crippen molar-refractivity contribution in [1.29, 1.82) is 5.41 Å². The minimum atomic E-state index is -3.89. The maximum atomic E-state index is 12.7. The fourth-order valence-corrected chi connectivity index (χ4v) is 4.79. The molecule has 0 aliphatic carbocycles. The molecular weight excluding hydrogens is 476 g/mol. The molecule has 0 bridgehead atoms. The van der Waals surface area contributed by atoms with Crippen molar-refractivity contribution in [2.24, 2.45) is 10.9 Å². The summed E-state index contributed by atoms with van der Waals surface area (Å²) >= 11 is 0. The summed E-state index contributed by atoms with van der Waals surface area (Å²) < 4.78 is 31.2. The summed E-state index contributed by atoms with van der Waals surface area (Å²) in [7, 11) is -3.89. The number of benzene rings is 3. The first-order valence-electron chi connectivity index (χ1n) is 11.2. The molecule has 0 aliphatic rings. The van der Waals surface area contributed by atoms with Crippen molar-refractivity contribution in [1.82, 2.24) is 4.57 Å². The number of nitrogens with zero attached hydrogens (tertiary/aromatic N) is 1. The van der Waals surface area contributed by atoms with Gasteiger partial charge in [0.05, 0.1) is 17.1 Å². The standard InChI is InChI=1S/C27H26N4O4S/c1-2-35-27(32)24-17-31(15-18-6-5-7-21(14-18)26(28)29)16-23(24)20-12-10-19(11-13-20)22-8-3-4-9-25(22)36(30,33)34/h3-14,16-17H,2,15H2,1H3,(H3,28,29)(H2,30,33,34). The molecule has 0 saturated carbocycles. The van der Waals surface area contributed by atoms with Crippen LogP contribution in [0.25, 0.3) is 22.3 Å². The lowest BCUT2D eigenvalue weighted by molar-refractivity contribution is 0.0527. The molecule has 0 radical (unpaired) electrons. The van der Waals surface area contributed by atoms with Crippen molar-refractivity contribution in [3.8, 4) is 22.3 Å². The fraction of sp³-hybridized carbons (Fsp3) is 0.111. The number of aromatic nitrogens is 1. The highest BCUT2D eigenvalue weighted by atomic mass is 32.2. The van der Waals surface area contributed by atoms with Gasteiger partial charge in [-0.05, 0) is 35.7 Å². The van der Waals surface area contributed by atoms with Crippen LogP contribution in [0, 0.1) is 5.41 Å². The molecule has 4 aromatic rings. The number of carbonyl (C=O) groups excluding carboxylic acids is 1. The number of hydrogen-bond acceptors (Lipinski definition) is 5. The van der Waals surface area contributed by atoms with Gasteiger partial charge in [0.1, 0.15) is 5.84 Å². The molecule has 0 fully saturated rings. The number of carbonyl (C=O) groups is 1. The maximum absolute atomic E-state index is 12.7. The van der Waals surface area contributed by atoms with Crippen molar-refractivity contribution in [3.63, 3.8) is 0 Å². The Kier molecular flexibility index (Phi) is 7.05. The Bertz CT molecular complexity index is 1540. The minimum absolute atomic E-state index is 0.0126. The van der Waals surface area contributed by atoms with E-state index < -0.39 is 16.0 Å². The highest BCUT2D eigenvalue weighted by Crippen LogP contribution is 2.31. The van der Waals surface area contributed by atoms with Crippen LogP contribution in [-0.4, -0.2) is 31.4 Å². The highest BCUT2D eigenvalue weighted by molar-refractivity contribution is 7.89. The third-order valence-corrected chi connectivity index (χ3v) is 6.65. The van der Waals surface area contributed by atoms with E-state index in [-0.39, 0.29) is 17.3 Å². The summed E-state index contributed by atoms with van der Waals surface area (Å²) in [5.41, 5.74) is 10.2. The molecule has 3 aromatic carbocycles. The van der Waals surface area contributed by atoms with E-state index in [1.807, 2.05) is 41.1 Å². The molecule has 1 aromatic heterocycles. The van der Waals surface area contributed by atoms with Crippen LogP contribution in [0.4, 0.5) is 0 Å². The van der Waals surface area contributed by atoms with Gasteiger partial charge in [0, 0.05) is 35.6 Å². The molecule has 0 amide bonds. The Hall–Kier alpha value is -4.21. The Labute approximate surface area is 209 Å². The van der Waals surface area contributed by atoms with Gasteiger partial charge in [0.2, 0.25) is 10.0 Å². The first-order chi connectivity index (χ1) is 17.2. The van der Waals surface area contributed by atoms with Gasteiger partial charge in [0.25, 0.3) is 0 Å². The number of primary sulfonamides is 1. The minimum Gasteiger partial charge on any atom is -0.462 e. The summed E-state index contributed by atoms with van der Waals surface area (Å²) in [6.45, 7) is 2.46. The van der Waals surface area contributed by atoms with Gasteiger partial charge in [0.15, 0.2) is 0 Å². The average molecular weight is 503 g/mol. The molecule has 184 valence electrons. The number of esters is 1. The van der Waals surface area contributed by atoms with E-state index in [0.717, 1.165) is 11.1 Å². The lowest BCUT2D eigenvalue weighted by atomic mass is 10.00. The lowest BCUT2D eigenvalue weighted by Gasteiger charge is -2.09. The molecule has 8 nitrogen and oxygen atoms in total. The number of nitrogens with one attached hydrogen (secondary N) is 1. The molecule has 0 aliphatic heterocycles. The van der Waals surface area contributed by atoms with Gasteiger partial charge in [-0.2, -0.15) is 0 Å². The van der Waals surface area contributed by atoms with Crippen LogP contribution in [0.15, 0.2) is 90.1 Å². The zero-order valence-electron chi connectivity index (χ0n) is 19.6. The Morgan fingerprint density at radius 1 is 0.944 bits per heavy atom. The van der Waals surface area contributed by atoms with Crippen LogP contribution in [-0.2, 0) is 21.3 Å². The van der Waals surface area contributed by atoms with Crippen LogP contribution < -0.4 is 10.9 Å². The normalized spacial score (nSPS) is 11.3. The zero-order valence-corrected chi connectivity index (χ0v) is 20.5. The molecule has 5 N–H and O–H groups in total. The summed E-state index contributed by atoms with van der Waals surface area (Å²) in [4.78, 5) is 12.8. The maximum Gasteiger partial charge on any atom is 0.340 e. The third kappa shape index (κ3) is 5.37. The van der Waals surface area contributed by atoms with E-state index in [1.165, 1.54) is 6.07 Å². The second kappa shape index (κ2) is 10.2. The predicted molar refractivity (Wildman–Crippen MR) is 139 cm³/mol. The molecule has 1 heterocycles. The Morgan fingerprint density at radius 3 is 2.25 bits per heavy atom. The van der Waals surface area contributed by atoms with Crippen LogP contribution in [0.2, 0.25) is 0 Å². The molecule has 9 heteroatoms. The quantitative estimate of drug-likeness (QED) is 0.190. The second-order valence-corrected chi connectivity index (χ2v) is 9.74. The van der Waals surface area contributed by atoms with Crippen molar-refractivity contribution >= 4 is 21.8 Å². The first kappa shape index (κ1) is 24.9. The summed E-state index contributed by atoms with van der Waals surface area (Å²) in [5.74, 6) is -0.450. The van der Waals surface area contributed by atoms with Gasteiger partial charge < -0.3 is 15.0 Å². The molecule has 0 saturated heterocycles. The number of hydrogen-bond donors (Lipinski definition) is 3. The van der Waals surface area contributed by atoms with Crippen molar-refractivity contribution in [2.45, 2.75) is 18.4 Å². The van der Waals surface area contributed by atoms with Gasteiger partial charge in [-0.25, -0.2) is 18.4 Å². The number of rotatable bonds is 8. The molecule has 0 spiro atoms. The van der Waals surface area contributed by atoms with Crippen LogP contribution in [0.5, 0.6) is 0 Å². The summed E-state index contributed by atoms with van der Waals surface area (Å²) in [6, 6.07) is 21.1. The highest BCUT2D eigenvalue weighted by Gasteiger charge is 2.19. The van der Waals surface area contributed by atoms with Crippen molar-refractivity contribution in [3.05, 3.63) is 102 Å². The Balaban J connectivity index is 1.72. The molecular formula is C27H26N4O4S. The van der Waals surface area contributed by atoms with Crippen LogP contribution in [0.1, 0.15) is 28.4 Å². The van der Waals surface area contributed by atoms with Gasteiger partial charge in [-0.3, -0.25) is 5.41 Å². The number of sulfonamides is 1. The van der Waals surface area contributed by atoms with Crippen molar-refractivity contribution < 1.29 is 17.9 Å². The number of ether oxygens (including phenoxy) is 1.